The summed E-state index contributed by atoms with van der Waals surface area (Å²) in [5, 5.41) is 2.96. The molecule has 1 heterocycles. The highest BCUT2D eigenvalue weighted by Gasteiger charge is 2.23. The number of unbranched alkanes of at least 4 members (excludes halogenated alkanes) is 4. The van der Waals surface area contributed by atoms with Gasteiger partial charge in [0.15, 0.2) is 0 Å². The maximum absolute atomic E-state index is 12.9. The van der Waals surface area contributed by atoms with E-state index in [9.17, 15) is 9.59 Å². The van der Waals surface area contributed by atoms with E-state index in [4.69, 9.17) is 0 Å². The van der Waals surface area contributed by atoms with Gasteiger partial charge in [-0.25, -0.2) is 0 Å². The second-order valence-electron chi connectivity index (χ2n) is 7.34. The summed E-state index contributed by atoms with van der Waals surface area (Å²) in [6.45, 7) is 3.82. The summed E-state index contributed by atoms with van der Waals surface area (Å²) >= 11 is 0. The highest BCUT2D eigenvalue weighted by Crippen LogP contribution is 2.26. The van der Waals surface area contributed by atoms with Crippen LogP contribution in [0.5, 0.6) is 0 Å². The molecule has 1 aromatic carbocycles. The number of nitrogens with zero attached hydrogens (tertiary/aromatic N) is 2. The SMILES string of the molecule is CCCCCCCC(=O)Nc1ccc(N(C)C)c(C(=O)N2CCCC2)c1. The molecule has 144 valence electrons. The third-order valence-corrected chi connectivity index (χ3v) is 4.89. The van der Waals surface area contributed by atoms with Crippen LogP contribution in [0.25, 0.3) is 0 Å². The molecule has 1 N–H and O–H groups in total. The highest BCUT2D eigenvalue weighted by atomic mass is 16.2. The van der Waals surface area contributed by atoms with Crippen LogP contribution >= 0.6 is 0 Å². The van der Waals surface area contributed by atoms with Crippen LogP contribution in [0, 0.1) is 0 Å². The second-order valence-corrected chi connectivity index (χ2v) is 7.34. The van der Waals surface area contributed by atoms with Crippen LogP contribution in [-0.2, 0) is 4.79 Å². The van der Waals surface area contributed by atoms with Gasteiger partial charge in [-0.3, -0.25) is 9.59 Å². The second kappa shape index (κ2) is 10.2. The number of amides is 2. The predicted molar refractivity (Wildman–Crippen MR) is 108 cm³/mol. The minimum Gasteiger partial charge on any atom is -0.377 e. The van der Waals surface area contributed by atoms with Gasteiger partial charge in [0.2, 0.25) is 5.91 Å². The van der Waals surface area contributed by atoms with Gasteiger partial charge in [0.05, 0.1) is 5.56 Å². The summed E-state index contributed by atoms with van der Waals surface area (Å²) in [4.78, 5) is 28.9. The van der Waals surface area contributed by atoms with Crippen molar-refractivity contribution >= 4 is 23.2 Å². The molecule has 5 nitrogen and oxygen atoms in total. The van der Waals surface area contributed by atoms with E-state index in [1.165, 1.54) is 19.3 Å². The van der Waals surface area contributed by atoms with E-state index in [1.807, 2.05) is 42.1 Å². The van der Waals surface area contributed by atoms with E-state index >= 15 is 0 Å². The first-order valence-corrected chi connectivity index (χ1v) is 9.93. The molecule has 5 heteroatoms. The summed E-state index contributed by atoms with van der Waals surface area (Å²) in [7, 11) is 3.87. The summed E-state index contributed by atoms with van der Waals surface area (Å²) in [6.07, 6.45) is 8.31. The van der Waals surface area contributed by atoms with Gasteiger partial charge in [0.1, 0.15) is 0 Å². The number of likely N-dealkylation sites (tertiary alicyclic amines) is 1. The minimum atomic E-state index is 0.0265. The van der Waals surface area contributed by atoms with Crippen LogP contribution < -0.4 is 10.2 Å². The third-order valence-electron chi connectivity index (χ3n) is 4.89. The molecule has 0 atom stereocenters. The lowest BCUT2D eigenvalue weighted by atomic mass is 10.1. The topological polar surface area (TPSA) is 52.7 Å². The van der Waals surface area contributed by atoms with Gasteiger partial charge in [-0.1, -0.05) is 32.6 Å². The Bertz CT molecular complexity index is 607. The first-order chi connectivity index (χ1) is 12.5. The Morgan fingerprint density at radius 3 is 2.42 bits per heavy atom. The molecule has 26 heavy (non-hydrogen) atoms. The van der Waals surface area contributed by atoms with E-state index < -0.39 is 0 Å². The number of hydrogen-bond donors (Lipinski definition) is 1. The molecule has 1 aliphatic rings. The van der Waals surface area contributed by atoms with Crippen molar-refractivity contribution in [3.8, 4) is 0 Å². The molecule has 2 amide bonds. The van der Waals surface area contributed by atoms with Crippen LogP contribution in [0.1, 0.15) is 68.6 Å². The third kappa shape index (κ3) is 5.75. The van der Waals surface area contributed by atoms with Crippen LogP contribution in [0.4, 0.5) is 11.4 Å². The first kappa shape index (κ1) is 20.3. The number of carbonyl (C=O) groups excluding carboxylic acids is 2. The lowest BCUT2D eigenvalue weighted by molar-refractivity contribution is -0.116. The van der Waals surface area contributed by atoms with E-state index in [0.29, 0.717) is 17.7 Å². The van der Waals surface area contributed by atoms with Crippen LogP contribution in [0.2, 0.25) is 0 Å². The quantitative estimate of drug-likeness (QED) is 0.669. The van der Waals surface area contributed by atoms with Crippen molar-refractivity contribution in [1.82, 2.24) is 4.90 Å². The monoisotopic (exact) mass is 359 g/mol. The fourth-order valence-corrected chi connectivity index (χ4v) is 3.38. The molecule has 0 aliphatic carbocycles. The van der Waals surface area contributed by atoms with Crippen molar-refractivity contribution in [2.45, 2.75) is 58.3 Å². The Morgan fingerprint density at radius 1 is 1.08 bits per heavy atom. The van der Waals surface area contributed by atoms with Gasteiger partial charge in [-0.05, 0) is 37.5 Å². The van der Waals surface area contributed by atoms with Crippen LogP contribution in [0.3, 0.4) is 0 Å². The number of carbonyl (C=O) groups is 2. The van der Waals surface area contributed by atoms with Crippen molar-refractivity contribution in [2.24, 2.45) is 0 Å². The fraction of sp³-hybridized carbons (Fsp3) is 0.619. The molecule has 0 bridgehead atoms. The molecule has 1 aromatic rings. The van der Waals surface area contributed by atoms with Gasteiger partial charge < -0.3 is 15.1 Å². The molecule has 0 unspecified atom stereocenters. The van der Waals surface area contributed by atoms with Gasteiger partial charge in [0, 0.05) is 45.0 Å². The zero-order valence-electron chi connectivity index (χ0n) is 16.5. The molecule has 2 rings (SSSR count). The minimum absolute atomic E-state index is 0.0265. The summed E-state index contributed by atoms with van der Waals surface area (Å²) in [6, 6.07) is 5.62. The average molecular weight is 360 g/mol. The average Bonchev–Trinajstić information content (AvgIpc) is 3.15. The maximum atomic E-state index is 12.9. The number of rotatable bonds is 9. The van der Waals surface area contributed by atoms with Gasteiger partial charge in [-0.15, -0.1) is 0 Å². The van der Waals surface area contributed by atoms with E-state index in [0.717, 1.165) is 44.5 Å². The zero-order chi connectivity index (χ0) is 18.9. The lowest BCUT2D eigenvalue weighted by Gasteiger charge is -2.22. The molecule has 0 radical (unpaired) electrons. The molecule has 1 aliphatic heterocycles. The largest absolute Gasteiger partial charge is 0.377 e. The summed E-state index contributed by atoms with van der Waals surface area (Å²) in [5.41, 5.74) is 2.26. The summed E-state index contributed by atoms with van der Waals surface area (Å²) < 4.78 is 0. The Labute approximate surface area is 157 Å². The van der Waals surface area contributed by atoms with Crippen molar-refractivity contribution in [1.29, 1.82) is 0 Å². The number of nitrogens with one attached hydrogen (secondary N) is 1. The molecule has 1 fully saturated rings. The van der Waals surface area contributed by atoms with Crippen molar-refractivity contribution in [3.05, 3.63) is 23.8 Å². The molecular formula is C21H33N3O2. The Morgan fingerprint density at radius 2 is 1.77 bits per heavy atom. The molecule has 0 spiro atoms. The van der Waals surface area contributed by atoms with Crippen LogP contribution in [-0.4, -0.2) is 43.9 Å². The Kier molecular flexibility index (Phi) is 7.95. The zero-order valence-corrected chi connectivity index (χ0v) is 16.5. The molecular weight excluding hydrogens is 326 g/mol. The van der Waals surface area contributed by atoms with E-state index in [2.05, 4.69) is 12.2 Å². The molecule has 1 saturated heterocycles. The number of anilines is 2. The van der Waals surface area contributed by atoms with Crippen molar-refractivity contribution in [2.75, 3.05) is 37.4 Å². The van der Waals surface area contributed by atoms with E-state index in [1.54, 1.807) is 0 Å². The predicted octanol–water partition coefficient (Wildman–Crippen LogP) is 4.29. The Hall–Kier alpha value is -2.04. The number of benzene rings is 1. The lowest BCUT2D eigenvalue weighted by Crippen LogP contribution is -2.29. The molecule has 0 saturated carbocycles. The van der Waals surface area contributed by atoms with Gasteiger partial charge in [-0.2, -0.15) is 0 Å². The normalized spacial score (nSPS) is 13.7. The maximum Gasteiger partial charge on any atom is 0.256 e. The van der Waals surface area contributed by atoms with Crippen LogP contribution in [0.15, 0.2) is 18.2 Å². The number of hydrogen-bond acceptors (Lipinski definition) is 3. The van der Waals surface area contributed by atoms with Gasteiger partial charge in [0.25, 0.3) is 5.91 Å². The fourth-order valence-electron chi connectivity index (χ4n) is 3.38. The Balaban J connectivity index is 2.01. The van der Waals surface area contributed by atoms with Gasteiger partial charge >= 0.3 is 0 Å². The summed E-state index contributed by atoms with van der Waals surface area (Å²) in [5.74, 6) is 0.0838. The smallest absolute Gasteiger partial charge is 0.256 e. The molecule has 0 aromatic heterocycles. The standard InChI is InChI=1S/C21H33N3O2/c1-4-5-6-7-8-11-20(25)22-17-12-13-19(23(2)3)18(16-17)21(26)24-14-9-10-15-24/h12-13,16H,4-11,14-15H2,1-3H3,(H,22,25). The highest BCUT2D eigenvalue weighted by molar-refractivity contribution is 6.02. The first-order valence-electron chi connectivity index (χ1n) is 9.93. The van der Waals surface area contributed by atoms with Crippen molar-refractivity contribution in [3.63, 3.8) is 0 Å². The van der Waals surface area contributed by atoms with Crippen molar-refractivity contribution < 1.29 is 9.59 Å². The van der Waals surface area contributed by atoms with E-state index in [-0.39, 0.29) is 11.8 Å².